The predicted molar refractivity (Wildman–Crippen MR) is 110 cm³/mol. The topological polar surface area (TPSA) is 75.4 Å². The number of nitrogens with one attached hydrogen (secondary N) is 1. The Bertz CT molecular complexity index is 768. The first-order chi connectivity index (χ1) is 13.4. The number of hydrogen-bond acceptors (Lipinski definition) is 4. The molecule has 1 aromatic carbocycles. The maximum atomic E-state index is 13.0. The average Bonchev–Trinajstić information content (AvgIpc) is 3.10. The molecule has 0 radical (unpaired) electrons. The molecule has 2 aromatic rings. The van der Waals surface area contributed by atoms with Crippen molar-refractivity contribution in [3.63, 3.8) is 0 Å². The lowest BCUT2D eigenvalue weighted by atomic mass is 10.0. The summed E-state index contributed by atoms with van der Waals surface area (Å²) < 4.78 is 4.96. The van der Waals surface area contributed by atoms with Crippen LogP contribution >= 0.6 is 0 Å². The molecule has 0 unspecified atom stereocenters. The maximum absolute atomic E-state index is 13.0. The van der Waals surface area contributed by atoms with Crippen LogP contribution < -0.4 is 5.32 Å². The number of benzene rings is 1. The molecule has 0 aliphatic carbocycles. The van der Waals surface area contributed by atoms with Crippen LogP contribution in [0.2, 0.25) is 0 Å². The Labute approximate surface area is 167 Å². The van der Waals surface area contributed by atoms with Gasteiger partial charge in [0.25, 0.3) is 5.91 Å². The van der Waals surface area contributed by atoms with Crippen LogP contribution in [-0.4, -0.2) is 34.5 Å². The Morgan fingerprint density at radius 2 is 1.89 bits per heavy atom. The number of rotatable bonds is 10. The van der Waals surface area contributed by atoms with Gasteiger partial charge in [-0.3, -0.25) is 9.59 Å². The van der Waals surface area contributed by atoms with Crippen LogP contribution in [0.5, 0.6) is 0 Å². The lowest BCUT2D eigenvalue weighted by molar-refractivity contribution is -0.117. The number of carbonyl (C=O) groups is 2. The smallest absolute Gasteiger partial charge is 0.254 e. The fourth-order valence-corrected chi connectivity index (χ4v) is 2.97. The maximum Gasteiger partial charge on any atom is 0.254 e. The zero-order valence-corrected chi connectivity index (χ0v) is 17.3. The Morgan fingerprint density at radius 3 is 2.46 bits per heavy atom. The van der Waals surface area contributed by atoms with Gasteiger partial charge in [-0.05, 0) is 50.8 Å². The van der Waals surface area contributed by atoms with Crippen molar-refractivity contribution in [2.45, 2.75) is 65.8 Å². The van der Waals surface area contributed by atoms with Crippen molar-refractivity contribution in [1.29, 1.82) is 0 Å². The summed E-state index contributed by atoms with van der Waals surface area (Å²) in [5, 5.41) is 6.44. The summed E-state index contributed by atoms with van der Waals surface area (Å²) in [5.41, 5.74) is 1.84. The number of nitrogens with zero attached hydrogens (tertiary/aromatic N) is 2. The number of unbranched alkanes of at least 4 members (excludes halogenated alkanes) is 2. The van der Waals surface area contributed by atoms with Gasteiger partial charge in [-0.25, -0.2) is 0 Å². The second-order valence-electron chi connectivity index (χ2n) is 7.22. The van der Waals surface area contributed by atoms with E-state index in [0.29, 0.717) is 17.1 Å². The Morgan fingerprint density at radius 1 is 1.18 bits per heavy atom. The largest absolute Gasteiger partial charge is 0.360 e. The second-order valence-corrected chi connectivity index (χ2v) is 7.22. The van der Waals surface area contributed by atoms with E-state index in [-0.39, 0.29) is 24.4 Å². The second kappa shape index (κ2) is 10.6. The summed E-state index contributed by atoms with van der Waals surface area (Å²) in [7, 11) is 0. The molecule has 1 N–H and O–H groups in total. The van der Waals surface area contributed by atoms with Crippen molar-refractivity contribution in [3.05, 3.63) is 47.2 Å². The van der Waals surface area contributed by atoms with Gasteiger partial charge in [0.2, 0.25) is 5.91 Å². The molecule has 1 aromatic heterocycles. The summed E-state index contributed by atoms with van der Waals surface area (Å²) in [6.07, 6.45) is 5.34. The summed E-state index contributed by atoms with van der Waals surface area (Å²) in [6, 6.07) is 9.33. The fraction of sp³-hybridized carbons (Fsp3) is 0.500. The highest BCUT2D eigenvalue weighted by atomic mass is 16.5. The molecule has 0 fully saturated rings. The van der Waals surface area contributed by atoms with Gasteiger partial charge in [0.1, 0.15) is 12.3 Å². The van der Waals surface area contributed by atoms with E-state index in [1.165, 1.54) is 18.4 Å². The Kier molecular flexibility index (Phi) is 8.23. The highest BCUT2D eigenvalue weighted by Gasteiger charge is 2.23. The highest BCUT2D eigenvalue weighted by molar-refractivity contribution is 5.99. The van der Waals surface area contributed by atoms with E-state index in [0.717, 1.165) is 19.3 Å². The van der Waals surface area contributed by atoms with Gasteiger partial charge in [0.15, 0.2) is 5.82 Å². The van der Waals surface area contributed by atoms with E-state index >= 15 is 0 Å². The quantitative estimate of drug-likeness (QED) is 0.607. The minimum Gasteiger partial charge on any atom is -0.360 e. The van der Waals surface area contributed by atoms with Gasteiger partial charge in [-0.15, -0.1) is 0 Å². The molecule has 1 heterocycles. The van der Waals surface area contributed by atoms with E-state index in [1.807, 2.05) is 38.1 Å². The lowest BCUT2D eigenvalue weighted by Gasteiger charge is -2.28. The fourth-order valence-electron chi connectivity index (χ4n) is 2.97. The van der Waals surface area contributed by atoms with Crippen LogP contribution in [0.15, 0.2) is 34.9 Å². The lowest BCUT2D eigenvalue weighted by Crippen LogP contribution is -2.43. The minimum absolute atomic E-state index is 0.0298. The number of amides is 2. The molecule has 1 atom stereocenters. The molecule has 6 nitrogen and oxygen atoms in total. The number of hydrogen-bond donors (Lipinski definition) is 1. The molecule has 6 heteroatoms. The van der Waals surface area contributed by atoms with Crippen LogP contribution in [-0.2, 0) is 11.2 Å². The van der Waals surface area contributed by atoms with Crippen molar-refractivity contribution in [2.24, 2.45) is 0 Å². The zero-order chi connectivity index (χ0) is 20.5. The van der Waals surface area contributed by atoms with Gasteiger partial charge in [-0.1, -0.05) is 44.0 Å². The molecule has 0 bridgehead atoms. The molecule has 0 aliphatic heterocycles. The molecule has 2 rings (SSSR count). The molecule has 0 spiro atoms. The normalized spacial score (nSPS) is 11.9. The van der Waals surface area contributed by atoms with E-state index in [2.05, 4.69) is 17.4 Å². The third-order valence-electron chi connectivity index (χ3n) is 4.86. The summed E-state index contributed by atoms with van der Waals surface area (Å²) >= 11 is 0. The van der Waals surface area contributed by atoms with Crippen molar-refractivity contribution < 1.29 is 14.1 Å². The third kappa shape index (κ3) is 6.22. The first kappa shape index (κ1) is 21.7. The molecule has 152 valence electrons. The van der Waals surface area contributed by atoms with E-state index in [1.54, 1.807) is 17.9 Å². The van der Waals surface area contributed by atoms with Crippen molar-refractivity contribution in [2.75, 3.05) is 11.9 Å². The predicted octanol–water partition coefficient (Wildman–Crippen LogP) is 4.60. The van der Waals surface area contributed by atoms with Gasteiger partial charge < -0.3 is 14.7 Å². The Balaban J connectivity index is 2.04. The molecule has 2 amide bonds. The summed E-state index contributed by atoms with van der Waals surface area (Å²) in [6.45, 7) is 7.86. The van der Waals surface area contributed by atoms with E-state index in [9.17, 15) is 9.59 Å². The number of carbonyl (C=O) groups excluding carboxylic acids is 2. The van der Waals surface area contributed by atoms with Crippen LogP contribution in [0.25, 0.3) is 0 Å². The van der Waals surface area contributed by atoms with Crippen LogP contribution in [0.3, 0.4) is 0 Å². The standard InChI is InChI=1S/C22H31N3O3/c1-5-7-8-9-18-10-12-19(13-11-18)22(27)25(16(3)6-2)15-21(26)23-20-14-17(4)28-24-20/h10-14,16H,5-9,15H2,1-4H3,(H,23,24,26)/t16-/m1/s1. The molecular formula is C22H31N3O3. The molecule has 0 aliphatic rings. The third-order valence-corrected chi connectivity index (χ3v) is 4.86. The monoisotopic (exact) mass is 385 g/mol. The van der Waals surface area contributed by atoms with E-state index < -0.39 is 0 Å². The van der Waals surface area contributed by atoms with Crippen molar-refractivity contribution >= 4 is 17.6 Å². The average molecular weight is 386 g/mol. The van der Waals surface area contributed by atoms with Crippen LogP contribution in [0, 0.1) is 6.92 Å². The number of aromatic nitrogens is 1. The first-order valence-electron chi connectivity index (χ1n) is 10.1. The highest BCUT2D eigenvalue weighted by Crippen LogP contribution is 2.14. The van der Waals surface area contributed by atoms with Crippen molar-refractivity contribution in [3.8, 4) is 0 Å². The first-order valence-corrected chi connectivity index (χ1v) is 10.1. The van der Waals surface area contributed by atoms with E-state index in [4.69, 9.17) is 4.52 Å². The van der Waals surface area contributed by atoms with Gasteiger partial charge >= 0.3 is 0 Å². The number of aryl methyl sites for hydroxylation is 2. The zero-order valence-electron chi connectivity index (χ0n) is 17.3. The summed E-state index contributed by atoms with van der Waals surface area (Å²) in [4.78, 5) is 27.0. The van der Waals surface area contributed by atoms with Crippen molar-refractivity contribution in [1.82, 2.24) is 10.1 Å². The molecular weight excluding hydrogens is 354 g/mol. The van der Waals surface area contributed by atoms with Gasteiger partial charge in [0.05, 0.1) is 0 Å². The molecule has 0 saturated heterocycles. The van der Waals surface area contributed by atoms with Gasteiger partial charge in [0, 0.05) is 17.7 Å². The number of anilines is 1. The van der Waals surface area contributed by atoms with Crippen LogP contribution in [0.4, 0.5) is 5.82 Å². The SMILES string of the molecule is CCCCCc1ccc(C(=O)N(CC(=O)Nc2cc(C)on2)[C@H](C)CC)cc1. The van der Waals surface area contributed by atoms with Crippen LogP contribution in [0.1, 0.15) is 68.1 Å². The molecule has 28 heavy (non-hydrogen) atoms. The Hall–Kier alpha value is -2.63. The summed E-state index contributed by atoms with van der Waals surface area (Å²) in [5.74, 6) is 0.541. The van der Waals surface area contributed by atoms with Gasteiger partial charge in [-0.2, -0.15) is 0 Å². The molecule has 0 saturated carbocycles. The minimum atomic E-state index is -0.293.